The number of aromatic carboxylic acids is 1. The van der Waals surface area contributed by atoms with Crippen LogP contribution < -0.4 is 0 Å². The van der Waals surface area contributed by atoms with Gasteiger partial charge in [0.25, 0.3) is 0 Å². The lowest BCUT2D eigenvalue weighted by Gasteiger charge is -1.93. The zero-order valence-corrected chi connectivity index (χ0v) is 8.85. The molecule has 66 valence electrons. The molecule has 0 unspecified atom stereocenters. The van der Waals surface area contributed by atoms with Gasteiger partial charge in [-0.1, -0.05) is 15.9 Å². The van der Waals surface area contributed by atoms with Gasteiger partial charge in [-0.05, 0) is 18.2 Å². The van der Waals surface area contributed by atoms with Gasteiger partial charge in [0.05, 0.1) is 5.56 Å². The molecule has 0 radical (unpaired) electrons. The van der Waals surface area contributed by atoms with Gasteiger partial charge < -0.3 is 5.11 Å². The van der Waals surface area contributed by atoms with E-state index in [9.17, 15) is 4.79 Å². The number of benzene rings is 1. The van der Waals surface area contributed by atoms with E-state index >= 15 is 0 Å². The highest BCUT2D eigenvalue weighted by molar-refractivity contribution is 9.10. The van der Waals surface area contributed by atoms with Crippen LogP contribution in [0, 0.1) is 0 Å². The van der Waals surface area contributed by atoms with Crippen LogP contribution in [0.4, 0.5) is 0 Å². The van der Waals surface area contributed by atoms with Crippen LogP contribution in [0.3, 0.4) is 0 Å². The fourth-order valence-corrected chi connectivity index (χ4v) is 2.44. The molecule has 2 rings (SSSR count). The molecule has 13 heavy (non-hydrogen) atoms. The molecule has 1 aromatic heterocycles. The Hall–Kier alpha value is -0.870. The SMILES string of the molecule is O=C(O)c1csc2ccc(Br)cc12. The third-order valence-corrected chi connectivity index (χ3v) is 3.22. The van der Waals surface area contributed by atoms with E-state index in [-0.39, 0.29) is 0 Å². The van der Waals surface area contributed by atoms with Crippen molar-refractivity contribution < 1.29 is 9.90 Å². The van der Waals surface area contributed by atoms with Crippen LogP contribution in [0.2, 0.25) is 0 Å². The summed E-state index contributed by atoms with van der Waals surface area (Å²) in [6, 6.07) is 5.65. The summed E-state index contributed by atoms with van der Waals surface area (Å²) >= 11 is 4.76. The van der Waals surface area contributed by atoms with Gasteiger partial charge in [0, 0.05) is 19.9 Å². The van der Waals surface area contributed by atoms with Gasteiger partial charge in [0.15, 0.2) is 0 Å². The van der Waals surface area contributed by atoms with Crippen LogP contribution in [0.15, 0.2) is 28.1 Å². The highest BCUT2D eigenvalue weighted by Crippen LogP contribution is 2.28. The Morgan fingerprint density at radius 3 is 2.92 bits per heavy atom. The second kappa shape index (κ2) is 3.12. The van der Waals surface area contributed by atoms with Gasteiger partial charge in [-0.25, -0.2) is 4.79 Å². The summed E-state index contributed by atoms with van der Waals surface area (Å²) in [5.74, 6) is -0.871. The van der Waals surface area contributed by atoms with E-state index in [0.717, 1.165) is 14.6 Å². The van der Waals surface area contributed by atoms with Gasteiger partial charge in [-0.3, -0.25) is 0 Å². The van der Waals surface area contributed by atoms with Crippen LogP contribution in [0.25, 0.3) is 10.1 Å². The number of halogens is 1. The Morgan fingerprint density at radius 1 is 1.46 bits per heavy atom. The third-order valence-electron chi connectivity index (χ3n) is 1.77. The van der Waals surface area contributed by atoms with Gasteiger partial charge in [0.1, 0.15) is 0 Å². The maximum atomic E-state index is 10.8. The van der Waals surface area contributed by atoms with E-state index in [0.29, 0.717) is 5.56 Å². The van der Waals surface area contributed by atoms with E-state index in [1.165, 1.54) is 11.3 Å². The van der Waals surface area contributed by atoms with Crippen molar-refractivity contribution in [3.8, 4) is 0 Å². The Bertz CT molecular complexity index is 475. The molecule has 1 heterocycles. The van der Waals surface area contributed by atoms with Crippen molar-refractivity contribution in [3.63, 3.8) is 0 Å². The number of thiophene rings is 1. The van der Waals surface area contributed by atoms with Crippen molar-refractivity contribution >= 4 is 43.3 Å². The molecule has 1 N–H and O–H groups in total. The number of carboxylic acid groups (broad SMARTS) is 1. The van der Waals surface area contributed by atoms with Gasteiger partial charge >= 0.3 is 5.97 Å². The largest absolute Gasteiger partial charge is 0.478 e. The number of rotatable bonds is 1. The highest BCUT2D eigenvalue weighted by atomic mass is 79.9. The average Bonchev–Trinajstić information content (AvgIpc) is 2.46. The van der Waals surface area contributed by atoms with Gasteiger partial charge in [0.2, 0.25) is 0 Å². The first kappa shape index (κ1) is 8.72. The molecule has 0 fully saturated rings. The smallest absolute Gasteiger partial charge is 0.337 e. The topological polar surface area (TPSA) is 37.3 Å². The molecule has 1 aromatic carbocycles. The molecule has 2 aromatic rings. The summed E-state index contributed by atoms with van der Waals surface area (Å²) in [5, 5.41) is 11.3. The molecule has 0 atom stereocenters. The molecule has 0 aliphatic carbocycles. The number of hydrogen-bond donors (Lipinski definition) is 1. The van der Waals surface area contributed by atoms with E-state index < -0.39 is 5.97 Å². The Morgan fingerprint density at radius 2 is 2.23 bits per heavy atom. The number of carbonyl (C=O) groups is 1. The summed E-state index contributed by atoms with van der Waals surface area (Å²) in [6.45, 7) is 0. The molecule has 0 aliphatic heterocycles. The first-order valence-electron chi connectivity index (χ1n) is 3.58. The summed E-state index contributed by atoms with van der Waals surface area (Å²) < 4.78 is 1.90. The third kappa shape index (κ3) is 1.47. The molecule has 0 saturated carbocycles. The molecule has 0 aliphatic rings. The van der Waals surface area contributed by atoms with Gasteiger partial charge in [-0.2, -0.15) is 0 Å². The fourth-order valence-electron chi connectivity index (χ4n) is 1.17. The molecule has 2 nitrogen and oxygen atoms in total. The van der Waals surface area contributed by atoms with Crippen LogP contribution in [0.1, 0.15) is 10.4 Å². The standard InChI is InChI=1S/C9H5BrO2S/c10-5-1-2-8-6(3-5)7(4-13-8)9(11)12/h1-4H,(H,11,12). The lowest BCUT2D eigenvalue weighted by molar-refractivity contribution is 0.0699. The van der Waals surface area contributed by atoms with Crippen molar-refractivity contribution in [2.75, 3.05) is 0 Å². The Labute approximate surface area is 86.9 Å². The molecule has 0 bridgehead atoms. The fraction of sp³-hybridized carbons (Fsp3) is 0. The molecule has 0 amide bonds. The van der Waals surface area contributed by atoms with Crippen LogP contribution in [-0.2, 0) is 0 Å². The quantitative estimate of drug-likeness (QED) is 0.850. The van der Waals surface area contributed by atoms with E-state index in [1.807, 2.05) is 18.2 Å². The number of carboxylic acids is 1. The molecule has 4 heteroatoms. The predicted octanol–water partition coefficient (Wildman–Crippen LogP) is 3.36. The lowest BCUT2D eigenvalue weighted by Crippen LogP contribution is -1.93. The first-order chi connectivity index (χ1) is 6.18. The minimum absolute atomic E-state index is 0.376. The number of fused-ring (bicyclic) bond motifs is 1. The van der Waals surface area contributed by atoms with E-state index in [1.54, 1.807) is 5.38 Å². The number of hydrogen-bond acceptors (Lipinski definition) is 2. The van der Waals surface area contributed by atoms with Crippen molar-refractivity contribution in [1.29, 1.82) is 0 Å². The lowest BCUT2D eigenvalue weighted by atomic mass is 10.2. The first-order valence-corrected chi connectivity index (χ1v) is 5.26. The zero-order valence-electron chi connectivity index (χ0n) is 6.45. The second-order valence-corrected chi connectivity index (χ2v) is 4.42. The monoisotopic (exact) mass is 256 g/mol. The summed E-state index contributed by atoms with van der Waals surface area (Å²) in [5.41, 5.74) is 0.376. The maximum Gasteiger partial charge on any atom is 0.337 e. The molecular weight excluding hydrogens is 252 g/mol. The van der Waals surface area contributed by atoms with Crippen molar-refractivity contribution in [1.82, 2.24) is 0 Å². The minimum atomic E-state index is -0.871. The van der Waals surface area contributed by atoms with E-state index in [4.69, 9.17) is 5.11 Å². The van der Waals surface area contributed by atoms with Crippen molar-refractivity contribution in [3.05, 3.63) is 33.6 Å². The second-order valence-electron chi connectivity index (χ2n) is 2.60. The van der Waals surface area contributed by atoms with Crippen molar-refractivity contribution in [2.24, 2.45) is 0 Å². The highest BCUT2D eigenvalue weighted by Gasteiger charge is 2.10. The Kier molecular flexibility index (Phi) is 2.09. The molecule has 0 saturated heterocycles. The molecular formula is C9H5BrO2S. The van der Waals surface area contributed by atoms with Crippen molar-refractivity contribution in [2.45, 2.75) is 0 Å². The van der Waals surface area contributed by atoms with Gasteiger partial charge in [-0.15, -0.1) is 11.3 Å². The summed E-state index contributed by atoms with van der Waals surface area (Å²) in [4.78, 5) is 10.8. The average molecular weight is 257 g/mol. The van der Waals surface area contributed by atoms with Crippen LogP contribution >= 0.6 is 27.3 Å². The van der Waals surface area contributed by atoms with E-state index in [2.05, 4.69) is 15.9 Å². The maximum absolute atomic E-state index is 10.8. The van der Waals surface area contributed by atoms with Crippen LogP contribution in [0.5, 0.6) is 0 Å². The predicted molar refractivity (Wildman–Crippen MR) is 56.5 cm³/mol. The molecule has 0 spiro atoms. The zero-order chi connectivity index (χ0) is 9.42. The van der Waals surface area contributed by atoms with Crippen LogP contribution in [-0.4, -0.2) is 11.1 Å². The summed E-state index contributed by atoms with van der Waals surface area (Å²) in [7, 11) is 0. The normalized spacial score (nSPS) is 10.5. The minimum Gasteiger partial charge on any atom is -0.478 e. The Balaban J connectivity index is 2.79. The summed E-state index contributed by atoms with van der Waals surface area (Å²) in [6.07, 6.45) is 0.